The van der Waals surface area contributed by atoms with Crippen molar-refractivity contribution in [3.8, 4) is 0 Å². The number of rotatable bonds is 6. The van der Waals surface area contributed by atoms with Crippen molar-refractivity contribution < 1.29 is 0 Å². The third-order valence-corrected chi connectivity index (χ3v) is 5.66. The predicted molar refractivity (Wildman–Crippen MR) is 78.3 cm³/mol. The summed E-state index contributed by atoms with van der Waals surface area (Å²) in [4.78, 5) is 2.47. The fraction of sp³-hybridized carbons (Fsp3) is 0.692. The van der Waals surface area contributed by atoms with Crippen LogP contribution in [0.15, 0.2) is 15.2 Å². The second-order valence-corrected chi connectivity index (χ2v) is 7.34. The standard InChI is InChI=1S/C13H21BrN2S/c1-3-13(9-15,11-4-5-11)16(2)7-10-6-12(14)17-8-10/h6,8,11H,3-5,7,9,15H2,1-2H3. The molecule has 0 bridgehead atoms. The van der Waals surface area contributed by atoms with Gasteiger partial charge in [0.25, 0.3) is 0 Å². The molecule has 2 N–H and O–H groups in total. The molecule has 1 fully saturated rings. The first-order valence-electron chi connectivity index (χ1n) is 6.26. The number of hydrogen-bond donors (Lipinski definition) is 1. The van der Waals surface area contributed by atoms with Crippen LogP contribution in [0.3, 0.4) is 0 Å². The summed E-state index contributed by atoms with van der Waals surface area (Å²) in [7, 11) is 2.22. The topological polar surface area (TPSA) is 29.3 Å². The number of halogens is 1. The van der Waals surface area contributed by atoms with Crippen molar-refractivity contribution in [3.63, 3.8) is 0 Å². The van der Waals surface area contributed by atoms with E-state index in [1.165, 1.54) is 22.2 Å². The van der Waals surface area contributed by atoms with Crippen LogP contribution in [0.4, 0.5) is 0 Å². The molecular weight excluding hydrogens is 296 g/mol. The van der Waals surface area contributed by atoms with Crippen molar-refractivity contribution in [1.29, 1.82) is 0 Å². The molecule has 96 valence electrons. The van der Waals surface area contributed by atoms with Gasteiger partial charge in [-0.1, -0.05) is 6.92 Å². The minimum Gasteiger partial charge on any atom is -0.329 e. The Kier molecular flexibility index (Phi) is 4.29. The summed E-state index contributed by atoms with van der Waals surface area (Å²) in [5.74, 6) is 0.810. The highest BCUT2D eigenvalue weighted by atomic mass is 79.9. The molecule has 1 aliphatic rings. The largest absolute Gasteiger partial charge is 0.329 e. The van der Waals surface area contributed by atoms with E-state index in [4.69, 9.17) is 5.73 Å². The number of nitrogens with two attached hydrogens (primary N) is 1. The van der Waals surface area contributed by atoms with Gasteiger partial charge in [0.15, 0.2) is 0 Å². The molecule has 2 nitrogen and oxygen atoms in total. The molecule has 0 radical (unpaired) electrons. The Hall–Kier alpha value is 0.100. The highest BCUT2D eigenvalue weighted by molar-refractivity contribution is 9.11. The van der Waals surface area contributed by atoms with Gasteiger partial charge in [-0.05, 0) is 65.2 Å². The molecule has 0 saturated heterocycles. The van der Waals surface area contributed by atoms with Gasteiger partial charge in [-0.25, -0.2) is 0 Å². The maximum atomic E-state index is 6.07. The SMILES string of the molecule is CCC(CN)(C1CC1)N(C)Cc1csc(Br)c1. The first-order valence-corrected chi connectivity index (χ1v) is 7.94. The normalized spacial score (nSPS) is 19.6. The Bertz CT molecular complexity index is 369. The summed E-state index contributed by atoms with van der Waals surface area (Å²) >= 11 is 5.28. The molecule has 17 heavy (non-hydrogen) atoms. The number of hydrogen-bond acceptors (Lipinski definition) is 3. The van der Waals surface area contributed by atoms with Crippen LogP contribution in [0.1, 0.15) is 31.7 Å². The number of likely N-dealkylation sites (N-methyl/N-ethyl adjacent to an activating group) is 1. The van der Waals surface area contributed by atoms with Gasteiger partial charge < -0.3 is 5.73 Å². The van der Waals surface area contributed by atoms with Crippen molar-refractivity contribution in [2.24, 2.45) is 11.7 Å². The van der Waals surface area contributed by atoms with E-state index in [1.54, 1.807) is 11.3 Å². The lowest BCUT2D eigenvalue weighted by molar-refractivity contribution is 0.0893. The average Bonchev–Trinajstić information content (AvgIpc) is 3.07. The molecule has 0 amide bonds. The van der Waals surface area contributed by atoms with Crippen LogP contribution in [-0.4, -0.2) is 24.0 Å². The Morgan fingerprint density at radius 1 is 1.59 bits per heavy atom. The van der Waals surface area contributed by atoms with E-state index in [-0.39, 0.29) is 5.54 Å². The van der Waals surface area contributed by atoms with Crippen LogP contribution in [0.25, 0.3) is 0 Å². The maximum absolute atomic E-state index is 6.07. The summed E-state index contributed by atoms with van der Waals surface area (Å²) < 4.78 is 1.21. The van der Waals surface area contributed by atoms with E-state index in [2.05, 4.69) is 46.2 Å². The quantitative estimate of drug-likeness (QED) is 0.870. The molecule has 0 spiro atoms. The molecule has 2 rings (SSSR count). The zero-order chi connectivity index (χ0) is 12.5. The monoisotopic (exact) mass is 316 g/mol. The summed E-state index contributed by atoms with van der Waals surface area (Å²) in [6.07, 6.45) is 3.85. The fourth-order valence-corrected chi connectivity index (χ4v) is 4.02. The molecule has 4 heteroatoms. The molecule has 1 aromatic heterocycles. The molecular formula is C13H21BrN2S. The van der Waals surface area contributed by atoms with Gasteiger partial charge in [0, 0.05) is 18.6 Å². The second kappa shape index (κ2) is 5.39. The summed E-state index contributed by atoms with van der Waals surface area (Å²) in [6.45, 7) is 4.05. The number of thiophene rings is 1. The first-order chi connectivity index (χ1) is 8.12. The van der Waals surface area contributed by atoms with Crippen LogP contribution in [0.2, 0.25) is 0 Å². The fourth-order valence-electron chi connectivity index (χ4n) is 2.82. The van der Waals surface area contributed by atoms with Crippen molar-refractivity contribution in [3.05, 3.63) is 20.8 Å². The Balaban J connectivity index is 2.08. The molecule has 0 aromatic carbocycles. The molecule has 0 aliphatic heterocycles. The lowest BCUT2D eigenvalue weighted by Crippen LogP contribution is -2.53. The van der Waals surface area contributed by atoms with Crippen molar-refractivity contribution in [1.82, 2.24) is 4.90 Å². The molecule has 1 heterocycles. The summed E-state index contributed by atoms with van der Waals surface area (Å²) in [5, 5.41) is 2.23. The average molecular weight is 317 g/mol. The van der Waals surface area contributed by atoms with E-state index in [1.807, 2.05) is 0 Å². The second-order valence-electron chi connectivity index (χ2n) is 5.05. The Morgan fingerprint density at radius 2 is 2.29 bits per heavy atom. The first kappa shape index (κ1) is 13.5. The highest BCUT2D eigenvalue weighted by Gasteiger charge is 2.45. The van der Waals surface area contributed by atoms with Gasteiger partial charge in [-0.3, -0.25) is 4.90 Å². The van der Waals surface area contributed by atoms with E-state index in [0.29, 0.717) is 0 Å². The van der Waals surface area contributed by atoms with Gasteiger partial charge >= 0.3 is 0 Å². The Morgan fingerprint density at radius 3 is 2.71 bits per heavy atom. The minimum absolute atomic E-state index is 0.217. The van der Waals surface area contributed by atoms with Gasteiger partial charge in [-0.15, -0.1) is 11.3 Å². The summed E-state index contributed by atoms with van der Waals surface area (Å²) in [5.41, 5.74) is 7.67. The van der Waals surface area contributed by atoms with E-state index in [9.17, 15) is 0 Å². The van der Waals surface area contributed by atoms with E-state index in [0.717, 1.165) is 25.4 Å². The Labute approximate surface area is 116 Å². The maximum Gasteiger partial charge on any atom is 0.0701 e. The van der Waals surface area contributed by atoms with Crippen LogP contribution in [-0.2, 0) is 6.54 Å². The van der Waals surface area contributed by atoms with E-state index < -0.39 is 0 Å². The van der Waals surface area contributed by atoms with Crippen LogP contribution in [0, 0.1) is 5.92 Å². The lowest BCUT2D eigenvalue weighted by atomic mass is 9.88. The zero-order valence-corrected chi connectivity index (χ0v) is 13.0. The van der Waals surface area contributed by atoms with Gasteiger partial charge in [-0.2, -0.15) is 0 Å². The van der Waals surface area contributed by atoms with Crippen LogP contribution >= 0.6 is 27.3 Å². The van der Waals surface area contributed by atoms with Gasteiger partial charge in [0.2, 0.25) is 0 Å². The molecule has 1 aromatic rings. The molecule has 1 unspecified atom stereocenters. The number of nitrogens with zero attached hydrogens (tertiary/aromatic N) is 1. The van der Waals surface area contributed by atoms with Crippen molar-refractivity contribution >= 4 is 27.3 Å². The van der Waals surface area contributed by atoms with Gasteiger partial charge in [0.1, 0.15) is 0 Å². The van der Waals surface area contributed by atoms with Crippen molar-refractivity contribution in [2.75, 3.05) is 13.6 Å². The third kappa shape index (κ3) is 2.75. The van der Waals surface area contributed by atoms with Crippen LogP contribution in [0.5, 0.6) is 0 Å². The smallest absolute Gasteiger partial charge is 0.0701 e. The lowest BCUT2D eigenvalue weighted by Gasteiger charge is -2.41. The summed E-state index contributed by atoms with van der Waals surface area (Å²) in [6, 6.07) is 2.21. The minimum atomic E-state index is 0.217. The predicted octanol–water partition coefficient (Wildman–Crippen LogP) is 3.46. The third-order valence-electron chi connectivity index (χ3n) is 4.10. The van der Waals surface area contributed by atoms with Gasteiger partial charge in [0.05, 0.1) is 3.79 Å². The van der Waals surface area contributed by atoms with E-state index >= 15 is 0 Å². The molecule has 1 saturated carbocycles. The molecule has 1 atom stereocenters. The van der Waals surface area contributed by atoms with Crippen molar-refractivity contribution in [2.45, 2.75) is 38.3 Å². The zero-order valence-electron chi connectivity index (χ0n) is 10.6. The molecule has 1 aliphatic carbocycles. The highest BCUT2D eigenvalue weighted by Crippen LogP contribution is 2.44. The van der Waals surface area contributed by atoms with Crippen LogP contribution < -0.4 is 5.73 Å².